The van der Waals surface area contributed by atoms with Gasteiger partial charge in [-0.15, -0.1) is 11.3 Å². The maximum atomic E-state index is 13.1. The Balaban J connectivity index is 1.29. The summed E-state index contributed by atoms with van der Waals surface area (Å²) in [4.78, 5) is 17.3. The van der Waals surface area contributed by atoms with Crippen molar-refractivity contribution >= 4 is 27.3 Å². The summed E-state index contributed by atoms with van der Waals surface area (Å²) in [5.41, 5.74) is 2.56. The number of nitrogens with one attached hydrogen (secondary N) is 2. The number of thiazole rings is 1. The second-order valence-corrected chi connectivity index (χ2v) is 11.5. The lowest BCUT2D eigenvalue weighted by atomic mass is 9.85. The molecule has 3 aromatic rings. The number of rotatable bonds is 7. The molecular weight excluding hydrogens is 473 g/mol. The largest absolute Gasteiger partial charge is 0.349 e. The van der Waals surface area contributed by atoms with Gasteiger partial charge in [0.2, 0.25) is 15.9 Å². The average Bonchev–Trinajstić information content (AvgIpc) is 3.26. The first-order chi connectivity index (χ1) is 16.2. The zero-order chi connectivity index (χ0) is 24.3. The van der Waals surface area contributed by atoms with Crippen LogP contribution in [0.4, 0.5) is 4.39 Å². The number of carbonyl (C=O) groups is 1. The van der Waals surface area contributed by atoms with Gasteiger partial charge >= 0.3 is 0 Å². The van der Waals surface area contributed by atoms with Crippen LogP contribution in [0, 0.1) is 18.7 Å². The molecule has 0 bridgehead atoms. The zero-order valence-electron chi connectivity index (χ0n) is 19.1. The van der Waals surface area contributed by atoms with E-state index in [1.807, 2.05) is 19.2 Å². The third kappa shape index (κ3) is 5.89. The molecule has 6 nitrogen and oxygen atoms in total. The molecule has 2 N–H and O–H groups in total. The number of nitrogens with zero attached hydrogens (tertiary/aromatic N) is 1. The van der Waals surface area contributed by atoms with Crippen LogP contribution < -0.4 is 10.0 Å². The first kappa shape index (κ1) is 24.5. The van der Waals surface area contributed by atoms with E-state index in [4.69, 9.17) is 0 Å². The molecule has 1 atom stereocenters. The molecule has 0 unspecified atom stereocenters. The van der Waals surface area contributed by atoms with Gasteiger partial charge in [0.1, 0.15) is 5.82 Å². The summed E-state index contributed by atoms with van der Waals surface area (Å²) in [7, 11) is -3.65. The van der Waals surface area contributed by atoms with Gasteiger partial charge in [-0.3, -0.25) is 4.79 Å². The van der Waals surface area contributed by atoms with Gasteiger partial charge in [0, 0.05) is 22.9 Å². The van der Waals surface area contributed by atoms with Gasteiger partial charge in [-0.2, -0.15) is 0 Å². The number of halogens is 1. The van der Waals surface area contributed by atoms with Crippen LogP contribution in [0.25, 0.3) is 11.3 Å². The van der Waals surface area contributed by atoms with Crippen LogP contribution in [-0.4, -0.2) is 25.4 Å². The van der Waals surface area contributed by atoms with Crippen molar-refractivity contribution in [3.8, 4) is 11.3 Å². The van der Waals surface area contributed by atoms with E-state index in [0.717, 1.165) is 21.8 Å². The molecule has 0 aliphatic heterocycles. The highest BCUT2D eigenvalue weighted by Gasteiger charge is 2.29. The lowest BCUT2D eigenvalue weighted by Crippen LogP contribution is -2.41. The molecule has 1 amide bonds. The average molecular weight is 502 g/mol. The van der Waals surface area contributed by atoms with Gasteiger partial charge in [-0.25, -0.2) is 22.5 Å². The minimum Gasteiger partial charge on any atom is -0.349 e. The van der Waals surface area contributed by atoms with Crippen LogP contribution in [0.1, 0.15) is 49.2 Å². The highest BCUT2D eigenvalue weighted by atomic mass is 32.2. The third-order valence-electron chi connectivity index (χ3n) is 6.23. The Morgan fingerprint density at radius 3 is 2.29 bits per heavy atom. The van der Waals surface area contributed by atoms with Crippen LogP contribution >= 0.6 is 11.3 Å². The van der Waals surface area contributed by atoms with Crippen molar-refractivity contribution < 1.29 is 17.6 Å². The first-order valence-corrected chi connectivity index (χ1v) is 13.7. The van der Waals surface area contributed by atoms with Crippen LogP contribution in [-0.2, 0) is 14.8 Å². The van der Waals surface area contributed by atoms with Gasteiger partial charge in [0.05, 0.1) is 21.6 Å². The lowest BCUT2D eigenvalue weighted by molar-refractivity contribution is -0.126. The Labute approximate surface area is 203 Å². The molecule has 1 aliphatic carbocycles. The number of sulfonamides is 1. The number of carbonyl (C=O) groups excluding carboxylic acids is 1. The summed E-state index contributed by atoms with van der Waals surface area (Å²) in [5.74, 6) is -0.524. The molecule has 0 saturated heterocycles. The molecular formula is C25H28FN3O3S2. The van der Waals surface area contributed by atoms with Crippen molar-refractivity contribution in [2.45, 2.75) is 56.5 Å². The van der Waals surface area contributed by atoms with Crippen molar-refractivity contribution in [2.75, 3.05) is 0 Å². The first-order valence-electron chi connectivity index (χ1n) is 11.3. The molecule has 1 heterocycles. The van der Waals surface area contributed by atoms with E-state index < -0.39 is 10.0 Å². The topological polar surface area (TPSA) is 88.2 Å². The Bertz CT molecular complexity index is 1230. The summed E-state index contributed by atoms with van der Waals surface area (Å²) in [6.45, 7) is 3.80. The highest BCUT2D eigenvalue weighted by Crippen LogP contribution is 2.28. The van der Waals surface area contributed by atoms with Crippen molar-refractivity contribution in [3.05, 3.63) is 70.3 Å². The van der Waals surface area contributed by atoms with Crippen LogP contribution in [0.5, 0.6) is 0 Å². The smallest absolute Gasteiger partial charge is 0.240 e. The summed E-state index contributed by atoms with van der Waals surface area (Å²) in [6.07, 6.45) is 2.41. The lowest BCUT2D eigenvalue weighted by Gasteiger charge is -2.29. The summed E-state index contributed by atoms with van der Waals surface area (Å²) >= 11 is 1.55. The third-order valence-corrected chi connectivity index (χ3v) is 8.54. The van der Waals surface area contributed by atoms with E-state index in [9.17, 15) is 17.6 Å². The fourth-order valence-electron chi connectivity index (χ4n) is 4.23. The molecule has 0 spiro atoms. The SMILES string of the molecule is Cc1nc(-c2ccc(S(=O)(=O)N[C@H]3CC[C@H](C(=O)N[C@H](C)c4ccc(F)cc4)CC3)cc2)cs1. The fraction of sp³-hybridized carbons (Fsp3) is 0.360. The zero-order valence-corrected chi connectivity index (χ0v) is 20.8. The predicted molar refractivity (Wildman–Crippen MR) is 131 cm³/mol. The number of aryl methyl sites for hydroxylation is 1. The summed E-state index contributed by atoms with van der Waals surface area (Å²) in [6, 6.07) is 12.4. The van der Waals surface area contributed by atoms with E-state index >= 15 is 0 Å². The van der Waals surface area contributed by atoms with Crippen molar-refractivity contribution in [1.29, 1.82) is 0 Å². The van der Waals surface area contributed by atoms with Gasteiger partial charge < -0.3 is 5.32 Å². The highest BCUT2D eigenvalue weighted by molar-refractivity contribution is 7.89. The number of benzene rings is 2. The van der Waals surface area contributed by atoms with E-state index in [1.165, 1.54) is 12.1 Å². The summed E-state index contributed by atoms with van der Waals surface area (Å²) in [5, 5.41) is 5.90. The van der Waals surface area contributed by atoms with Crippen LogP contribution in [0.3, 0.4) is 0 Å². The molecule has 180 valence electrons. The second kappa shape index (κ2) is 10.3. The minimum absolute atomic E-state index is 0.0500. The monoisotopic (exact) mass is 501 g/mol. The number of hydrogen-bond acceptors (Lipinski definition) is 5. The van der Waals surface area contributed by atoms with E-state index in [2.05, 4.69) is 15.0 Å². The molecule has 4 rings (SSSR count). The number of hydrogen-bond donors (Lipinski definition) is 2. The normalized spacial score (nSPS) is 19.5. The number of amides is 1. The minimum atomic E-state index is -3.65. The summed E-state index contributed by atoms with van der Waals surface area (Å²) < 4.78 is 41.6. The maximum absolute atomic E-state index is 13.1. The molecule has 1 fully saturated rings. The van der Waals surface area contributed by atoms with E-state index in [1.54, 1.807) is 47.7 Å². The van der Waals surface area contributed by atoms with E-state index in [-0.39, 0.29) is 34.6 Å². The van der Waals surface area contributed by atoms with Gasteiger partial charge in [-0.1, -0.05) is 24.3 Å². The maximum Gasteiger partial charge on any atom is 0.240 e. The molecule has 2 aromatic carbocycles. The van der Waals surface area contributed by atoms with Gasteiger partial charge in [0.15, 0.2) is 0 Å². The number of aromatic nitrogens is 1. The molecule has 34 heavy (non-hydrogen) atoms. The quantitative estimate of drug-likeness (QED) is 0.478. The van der Waals surface area contributed by atoms with Gasteiger partial charge in [-0.05, 0) is 69.4 Å². The van der Waals surface area contributed by atoms with Crippen LogP contribution in [0.15, 0.2) is 58.8 Å². The predicted octanol–water partition coefficient (Wildman–Crippen LogP) is 4.97. The standard InChI is InChI=1S/C25H28FN3O3S2/c1-16(18-3-9-21(26)10-4-18)27-25(30)20-5-11-22(12-6-20)29-34(31,32)23-13-7-19(8-14-23)24-15-33-17(2)28-24/h3-4,7-10,13-16,20,22,29H,5-6,11-12H2,1-2H3,(H,27,30)/t16-,20-,22-/m1/s1. The van der Waals surface area contributed by atoms with Crippen LogP contribution in [0.2, 0.25) is 0 Å². The Morgan fingerprint density at radius 2 is 1.71 bits per heavy atom. The Hall–Kier alpha value is -2.62. The molecule has 9 heteroatoms. The Kier molecular flexibility index (Phi) is 7.45. The van der Waals surface area contributed by atoms with Crippen molar-refractivity contribution in [1.82, 2.24) is 15.0 Å². The fourth-order valence-corrected chi connectivity index (χ4v) is 6.15. The van der Waals surface area contributed by atoms with Crippen molar-refractivity contribution in [2.24, 2.45) is 5.92 Å². The molecule has 1 saturated carbocycles. The Morgan fingerprint density at radius 1 is 1.06 bits per heavy atom. The molecule has 1 aliphatic rings. The van der Waals surface area contributed by atoms with Gasteiger partial charge in [0.25, 0.3) is 0 Å². The molecule has 0 radical (unpaired) electrons. The molecule has 1 aromatic heterocycles. The van der Waals surface area contributed by atoms with Crippen molar-refractivity contribution in [3.63, 3.8) is 0 Å². The second-order valence-electron chi connectivity index (χ2n) is 8.73. The van der Waals surface area contributed by atoms with E-state index in [0.29, 0.717) is 25.7 Å².